The lowest BCUT2D eigenvalue weighted by molar-refractivity contribution is 1.27. The second-order valence-corrected chi connectivity index (χ2v) is 14.0. The molecule has 2 aliphatic carbocycles. The Morgan fingerprint density at radius 2 is 0.520 bits per heavy atom. The van der Waals surface area contributed by atoms with Gasteiger partial charge in [0.1, 0.15) is 0 Å². The van der Waals surface area contributed by atoms with E-state index in [0.29, 0.717) is 0 Å². The molecule has 0 bridgehead atoms. The van der Waals surface area contributed by atoms with Gasteiger partial charge in [-0.05, 0) is 146 Å². The van der Waals surface area contributed by atoms with Crippen LogP contribution in [0.2, 0.25) is 0 Å². The van der Waals surface area contributed by atoms with Gasteiger partial charge in [0.05, 0.1) is 0 Å². The molecule has 0 fully saturated rings. The molecule has 0 spiro atoms. The molecule has 0 saturated heterocycles. The third-order valence-corrected chi connectivity index (χ3v) is 11.2. The van der Waals surface area contributed by atoms with E-state index < -0.39 is 0 Å². The summed E-state index contributed by atoms with van der Waals surface area (Å²) in [6.07, 6.45) is 2.08. The van der Waals surface area contributed by atoms with Crippen molar-refractivity contribution in [1.29, 1.82) is 0 Å². The molecule has 2 aliphatic rings. The fourth-order valence-electron chi connectivity index (χ4n) is 8.93. The van der Waals surface area contributed by atoms with Gasteiger partial charge in [-0.1, -0.05) is 146 Å². The van der Waals surface area contributed by atoms with Crippen LogP contribution in [0.5, 0.6) is 0 Å². The van der Waals surface area contributed by atoms with E-state index >= 15 is 0 Å². The van der Waals surface area contributed by atoms with Crippen LogP contribution in [0.4, 0.5) is 0 Å². The molecule has 0 unspecified atom stereocenters. The zero-order valence-electron chi connectivity index (χ0n) is 27.6. The molecule has 0 heteroatoms. The van der Waals surface area contributed by atoms with Gasteiger partial charge in [0.15, 0.2) is 0 Å². The van der Waals surface area contributed by atoms with Gasteiger partial charge >= 0.3 is 0 Å². The number of fused-ring (bicyclic) bond motifs is 16. The van der Waals surface area contributed by atoms with Crippen molar-refractivity contribution in [2.45, 2.75) is 12.8 Å². The topological polar surface area (TPSA) is 0 Å². The summed E-state index contributed by atoms with van der Waals surface area (Å²) < 4.78 is 0. The van der Waals surface area contributed by atoms with Crippen molar-refractivity contribution in [2.75, 3.05) is 0 Å². The summed E-state index contributed by atoms with van der Waals surface area (Å²) >= 11 is 0. The average Bonchev–Trinajstić information content (AvgIpc) is 3.76. The predicted molar refractivity (Wildman–Crippen MR) is 214 cm³/mol. The molecule has 232 valence electrons. The quantitative estimate of drug-likeness (QED) is 0.146. The van der Waals surface area contributed by atoms with Crippen LogP contribution in [-0.2, 0) is 12.8 Å². The lowest BCUT2D eigenvalue weighted by Gasteiger charge is -2.12. The summed E-state index contributed by atoms with van der Waals surface area (Å²) in [6, 6.07) is 62.6. The fraction of sp³-hybridized carbons (Fsp3) is 0.0400. The lowest BCUT2D eigenvalue weighted by Crippen LogP contribution is -1.86. The van der Waals surface area contributed by atoms with Crippen LogP contribution in [0.15, 0.2) is 170 Å². The summed E-state index contributed by atoms with van der Waals surface area (Å²) in [7, 11) is 0. The molecular formula is C50H32. The second-order valence-electron chi connectivity index (χ2n) is 14.0. The van der Waals surface area contributed by atoms with Crippen LogP contribution in [0, 0.1) is 0 Å². The summed E-state index contributed by atoms with van der Waals surface area (Å²) in [5.74, 6) is 0. The van der Waals surface area contributed by atoms with E-state index in [0.717, 1.165) is 12.8 Å². The fourth-order valence-corrected chi connectivity index (χ4v) is 8.93. The SMILES string of the molecule is c1ccc2c3c(ccc2c1)Cc1ccc2ccccc2c1-3.c1ccc2cc3c4c(ccc3cc2c1)Cc1ccc2cc3ccccc3cc2c1-4. The van der Waals surface area contributed by atoms with E-state index in [-0.39, 0.29) is 0 Å². The molecule has 10 aromatic rings. The Morgan fingerprint density at radius 1 is 0.220 bits per heavy atom. The minimum absolute atomic E-state index is 1.02. The Kier molecular flexibility index (Phi) is 5.89. The highest BCUT2D eigenvalue weighted by molar-refractivity contribution is 6.15. The maximum Gasteiger partial charge on any atom is -0.00130 e. The lowest BCUT2D eigenvalue weighted by atomic mass is 9.91. The minimum atomic E-state index is 1.02. The molecule has 10 aromatic carbocycles. The van der Waals surface area contributed by atoms with Gasteiger partial charge in [0, 0.05) is 0 Å². The van der Waals surface area contributed by atoms with E-state index in [1.165, 1.54) is 109 Å². The molecule has 0 radical (unpaired) electrons. The molecule has 12 rings (SSSR count). The van der Waals surface area contributed by atoms with E-state index in [1.54, 1.807) is 0 Å². The Balaban J connectivity index is 0.000000126. The smallest absolute Gasteiger partial charge is 0.00130 e. The summed E-state index contributed by atoms with van der Waals surface area (Å²) in [5.41, 5.74) is 11.6. The third kappa shape index (κ3) is 4.12. The first-order valence-electron chi connectivity index (χ1n) is 17.7. The van der Waals surface area contributed by atoms with Crippen molar-refractivity contribution in [3.63, 3.8) is 0 Å². The largest absolute Gasteiger partial charge is 0.0616 e. The summed E-state index contributed by atoms with van der Waals surface area (Å²) in [5, 5.41) is 16.1. The maximum absolute atomic E-state index is 2.39. The van der Waals surface area contributed by atoms with Crippen LogP contribution >= 0.6 is 0 Å². The maximum atomic E-state index is 2.39. The van der Waals surface area contributed by atoms with E-state index in [1.807, 2.05) is 0 Å². The van der Waals surface area contributed by atoms with Crippen molar-refractivity contribution >= 4 is 64.6 Å². The number of hydrogen-bond acceptors (Lipinski definition) is 0. The Bertz CT molecular complexity index is 2830. The molecule has 0 aromatic heterocycles. The van der Waals surface area contributed by atoms with Crippen molar-refractivity contribution < 1.29 is 0 Å². The molecule has 0 nitrogen and oxygen atoms in total. The molecule has 0 atom stereocenters. The van der Waals surface area contributed by atoms with E-state index in [2.05, 4.69) is 170 Å². The van der Waals surface area contributed by atoms with Gasteiger partial charge in [0.2, 0.25) is 0 Å². The first-order chi connectivity index (χ1) is 24.8. The average molecular weight is 633 g/mol. The van der Waals surface area contributed by atoms with Gasteiger partial charge in [-0.25, -0.2) is 0 Å². The van der Waals surface area contributed by atoms with E-state index in [4.69, 9.17) is 0 Å². The Morgan fingerprint density at radius 3 is 0.920 bits per heavy atom. The first kappa shape index (κ1) is 27.7. The van der Waals surface area contributed by atoms with Crippen molar-refractivity contribution in [3.8, 4) is 22.3 Å². The number of benzene rings is 10. The minimum Gasteiger partial charge on any atom is -0.0616 e. The highest BCUT2D eigenvalue weighted by Crippen LogP contribution is 2.47. The molecule has 0 heterocycles. The Labute approximate surface area is 290 Å². The van der Waals surface area contributed by atoms with Crippen LogP contribution in [0.3, 0.4) is 0 Å². The van der Waals surface area contributed by atoms with Gasteiger partial charge < -0.3 is 0 Å². The predicted octanol–water partition coefficient (Wildman–Crippen LogP) is 13.4. The van der Waals surface area contributed by atoms with Crippen molar-refractivity contribution in [3.05, 3.63) is 192 Å². The molecular weight excluding hydrogens is 601 g/mol. The molecule has 0 amide bonds. The molecule has 0 aliphatic heterocycles. The Hall–Kier alpha value is -6.24. The zero-order valence-corrected chi connectivity index (χ0v) is 27.6. The van der Waals surface area contributed by atoms with Crippen LogP contribution in [0.1, 0.15) is 22.3 Å². The van der Waals surface area contributed by atoms with Crippen LogP contribution < -0.4 is 0 Å². The molecule has 50 heavy (non-hydrogen) atoms. The first-order valence-corrected chi connectivity index (χ1v) is 17.7. The third-order valence-electron chi connectivity index (χ3n) is 11.2. The second kappa shape index (κ2) is 10.6. The summed E-state index contributed by atoms with van der Waals surface area (Å²) in [4.78, 5) is 0. The highest BCUT2D eigenvalue weighted by atomic mass is 14.3. The van der Waals surface area contributed by atoms with Gasteiger partial charge in [-0.2, -0.15) is 0 Å². The number of hydrogen-bond donors (Lipinski definition) is 0. The van der Waals surface area contributed by atoms with Crippen molar-refractivity contribution in [1.82, 2.24) is 0 Å². The zero-order chi connectivity index (χ0) is 32.8. The normalized spacial score (nSPS) is 12.6. The highest BCUT2D eigenvalue weighted by Gasteiger charge is 2.24. The van der Waals surface area contributed by atoms with Crippen LogP contribution in [-0.4, -0.2) is 0 Å². The monoisotopic (exact) mass is 632 g/mol. The van der Waals surface area contributed by atoms with Gasteiger partial charge in [0.25, 0.3) is 0 Å². The standard InChI is InChI=1S/C29H18.C21H14/c1-3-7-20-16-26-22(13-18(20)5-1)9-11-24-15-25-12-10-23-14-19-6-2-4-8-21(19)17-27(23)29(25)28(24)26;1-3-7-18-14(5-1)9-11-16-13-17-12-10-15-6-2-4-8-19(15)21(17)20(16)18/h1-14,16-17H,15H2;1-12H,13H2. The molecule has 0 N–H and O–H groups in total. The van der Waals surface area contributed by atoms with E-state index in [9.17, 15) is 0 Å². The number of rotatable bonds is 0. The van der Waals surface area contributed by atoms with Crippen molar-refractivity contribution in [2.24, 2.45) is 0 Å². The van der Waals surface area contributed by atoms with Gasteiger partial charge in [-0.15, -0.1) is 0 Å². The van der Waals surface area contributed by atoms with Crippen LogP contribution in [0.25, 0.3) is 86.9 Å². The molecule has 0 saturated carbocycles. The summed E-state index contributed by atoms with van der Waals surface area (Å²) in [6.45, 7) is 0. The van der Waals surface area contributed by atoms with Gasteiger partial charge in [-0.3, -0.25) is 0 Å².